The molecule has 0 saturated carbocycles. The Kier molecular flexibility index (Phi) is 13.5. The summed E-state index contributed by atoms with van der Waals surface area (Å²) in [6, 6.07) is 0. The van der Waals surface area contributed by atoms with E-state index in [0.29, 0.717) is 19.3 Å². The molecule has 0 spiro atoms. The highest BCUT2D eigenvalue weighted by Gasteiger charge is 2.97. The van der Waals surface area contributed by atoms with E-state index < -0.39 is 86.9 Å². The van der Waals surface area contributed by atoms with Gasteiger partial charge >= 0.3 is 59.5 Å². The molecule has 0 fully saturated rings. The van der Waals surface area contributed by atoms with Crippen molar-refractivity contribution in [2.75, 3.05) is 13.2 Å². The molecule has 26 heteroatoms. The molecule has 1 unspecified atom stereocenters. The molecular formula is C20H21F21O4P-. The third-order valence-electron chi connectivity index (χ3n) is 5.99. The fourth-order valence-electron chi connectivity index (χ4n) is 3.13. The van der Waals surface area contributed by atoms with Gasteiger partial charge in [-0.25, -0.2) is 0 Å². The van der Waals surface area contributed by atoms with E-state index in [1.807, 2.05) is 6.92 Å². The second kappa shape index (κ2) is 13.9. The van der Waals surface area contributed by atoms with Gasteiger partial charge in [0.25, 0.3) is 7.82 Å². The molecule has 46 heavy (non-hydrogen) atoms. The Morgan fingerprint density at radius 3 is 1.13 bits per heavy atom. The van der Waals surface area contributed by atoms with Crippen molar-refractivity contribution in [2.45, 2.75) is 111 Å². The number of hydrogen-bond acceptors (Lipinski definition) is 4. The van der Waals surface area contributed by atoms with Gasteiger partial charge in [-0.15, -0.1) is 0 Å². The summed E-state index contributed by atoms with van der Waals surface area (Å²) >= 11 is 0. The topological polar surface area (TPSA) is 58.6 Å². The highest BCUT2D eigenvalue weighted by Crippen LogP contribution is 2.66. The van der Waals surface area contributed by atoms with Crippen molar-refractivity contribution in [1.82, 2.24) is 0 Å². The molecule has 4 nitrogen and oxygen atoms in total. The summed E-state index contributed by atoms with van der Waals surface area (Å²) in [5, 5.41) is 0. The van der Waals surface area contributed by atoms with Crippen LogP contribution in [0, 0.1) is 0 Å². The molecule has 0 aliphatic rings. The second-order valence-corrected chi connectivity index (χ2v) is 10.8. The second-order valence-electron chi connectivity index (χ2n) is 9.43. The van der Waals surface area contributed by atoms with Crippen molar-refractivity contribution in [3.8, 4) is 0 Å². The maximum atomic E-state index is 13.9. The Balaban J connectivity index is 6.17. The Morgan fingerprint density at radius 2 is 0.761 bits per heavy atom. The first-order chi connectivity index (χ1) is 20.0. The van der Waals surface area contributed by atoms with Crippen LogP contribution in [0.25, 0.3) is 0 Å². The number of halogens is 21. The lowest BCUT2D eigenvalue weighted by Gasteiger charge is -2.44. The lowest BCUT2D eigenvalue weighted by atomic mass is 9.86. The van der Waals surface area contributed by atoms with E-state index in [-0.39, 0.29) is 6.42 Å². The van der Waals surface area contributed by atoms with Crippen LogP contribution in [0.2, 0.25) is 0 Å². The van der Waals surface area contributed by atoms with E-state index in [9.17, 15) is 102 Å². The van der Waals surface area contributed by atoms with Gasteiger partial charge < -0.3 is 13.9 Å². The van der Waals surface area contributed by atoms with E-state index >= 15 is 0 Å². The highest BCUT2D eigenvalue weighted by molar-refractivity contribution is 7.45. The van der Waals surface area contributed by atoms with Crippen molar-refractivity contribution >= 4 is 7.82 Å². The number of phosphoric ester groups is 1. The standard InChI is InChI=1S/C20H22F21O4P/c1-2-3-4-5-6-7-9-44-46(42,43)45-10-8-11(21,22)12(23,24)13(25,26)14(27,28)15(29,30)16(31,32)17(33,34)18(35,36)19(37,38)20(39,40)41/h2-10H2,1H3,(H,42,43)/p-1. The van der Waals surface area contributed by atoms with E-state index in [1.165, 1.54) is 0 Å². The molecule has 0 N–H and O–H groups in total. The van der Waals surface area contributed by atoms with E-state index in [2.05, 4.69) is 9.05 Å². The zero-order chi connectivity index (χ0) is 37.3. The van der Waals surface area contributed by atoms with Crippen LogP contribution in [-0.4, -0.2) is 72.7 Å². The molecule has 0 saturated heterocycles. The number of rotatable bonds is 20. The van der Waals surface area contributed by atoms with E-state index in [1.54, 1.807) is 0 Å². The van der Waals surface area contributed by atoms with Crippen LogP contribution >= 0.6 is 7.82 Å². The normalized spacial score (nSPS) is 16.9. The summed E-state index contributed by atoms with van der Waals surface area (Å²) in [7, 11) is -5.75. The Hall–Kier alpha value is -1.36. The first kappa shape index (κ1) is 44.6. The Morgan fingerprint density at radius 1 is 0.457 bits per heavy atom. The third kappa shape index (κ3) is 7.76. The fourth-order valence-corrected chi connectivity index (χ4v) is 3.87. The Labute approximate surface area is 244 Å². The van der Waals surface area contributed by atoms with Crippen molar-refractivity contribution in [2.24, 2.45) is 0 Å². The van der Waals surface area contributed by atoms with Crippen LogP contribution in [0.4, 0.5) is 92.2 Å². The van der Waals surface area contributed by atoms with Gasteiger partial charge in [-0.1, -0.05) is 39.0 Å². The van der Waals surface area contributed by atoms with Crippen molar-refractivity contribution < 1.29 is 111 Å². The summed E-state index contributed by atoms with van der Waals surface area (Å²) in [4.78, 5) is 11.5. The minimum atomic E-state index is -9.26. The quantitative estimate of drug-likeness (QED) is 0.0706. The molecule has 0 aromatic heterocycles. The van der Waals surface area contributed by atoms with Gasteiger partial charge in [0.05, 0.1) is 13.2 Å². The van der Waals surface area contributed by atoms with Crippen molar-refractivity contribution in [3.63, 3.8) is 0 Å². The van der Waals surface area contributed by atoms with Crippen LogP contribution in [0.3, 0.4) is 0 Å². The summed E-state index contributed by atoms with van der Waals surface area (Å²) in [6.45, 7) is -1.31. The zero-order valence-electron chi connectivity index (χ0n) is 22.4. The predicted molar refractivity (Wildman–Crippen MR) is 108 cm³/mol. The van der Waals surface area contributed by atoms with Crippen LogP contribution < -0.4 is 4.89 Å². The molecule has 0 heterocycles. The monoisotopic (exact) mass is 755 g/mol. The molecule has 0 radical (unpaired) electrons. The van der Waals surface area contributed by atoms with Crippen molar-refractivity contribution in [3.05, 3.63) is 0 Å². The van der Waals surface area contributed by atoms with E-state index in [0.717, 1.165) is 12.8 Å². The van der Waals surface area contributed by atoms with Crippen LogP contribution in [-0.2, 0) is 13.6 Å². The maximum absolute atomic E-state index is 13.9. The van der Waals surface area contributed by atoms with Crippen LogP contribution in [0.5, 0.6) is 0 Å². The van der Waals surface area contributed by atoms with Crippen LogP contribution in [0.15, 0.2) is 0 Å². The van der Waals surface area contributed by atoms with Crippen molar-refractivity contribution in [1.29, 1.82) is 0 Å². The molecular weight excluding hydrogens is 734 g/mol. The Bertz CT molecular complexity index is 1040. The van der Waals surface area contributed by atoms with Gasteiger partial charge in [0.1, 0.15) is 0 Å². The predicted octanol–water partition coefficient (Wildman–Crippen LogP) is 9.52. The zero-order valence-corrected chi connectivity index (χ0v) is 23.3. The van der Waals surface area contributed by atoms with E-state index in [4.69, 9.17) is 0 Å². The molecule has 1 atom stereocenters. The minimum absolute atomic E-state index is 0.0352. The smallest absolute Gasteiger partial charge is 0.460 e. The summed E-state index contributed by atoms with van der Waals surface area (Å²) in [5.74, 6) is -78.1. The van der Waals surface area contributed by atoms with Gasteiger partial charge in [-0.05, 0) is 6.42 Å². The molecule has 278 valence electrons. The molecule has 0 amide bonds. The molecule has 0 aromatic rings. The van der Waals surface area contributed by atoms with Gasteiger partial charge in [0.15, 0.2) is 0 Å². The average molecular weight is 755 g/mol. The lowest BCUT2D eigenvalue weighted by molar-refractivity contribution is -0.474. The fraction of sp³-hybridized carbons (Fsp3) is 1.00. The molecule has 0 aliphatic heterocycles. The third-order valence-corrected chi connectivity index (χ3v) is 6.99. The highest BCUT2D eigenvalue weighted by atomic mass is 31.2. The largest absolute Gasteiger partial charge is 0.756 e. The molecule has 0 bridgehead atoms. The first-order valence-electron chi connectivity index (χ1n) is 12.1. The summed E-state index contributed by atoms with van der Waals surface area (Å²) in [5.41, 5.74) is 0. The summed E-state index contributed by atoms with van der Waals surface area (Å²) < 4.78 is 300. The minimum Gasteiger partial charge on any atom is -0.756 e. The SMILES string of the molecule is CCCCCCCCOP(=O)([O-])OCCC(F)(F)C(F)(F)C(F)(F)C(F)(F)C(F)(F)C(F)(F)C(F)(F)C(F)(F)C(F)(F)C(F)(F)F. The number of hydrogen-bond donors (Lipinski definition) is 0. The summed E-state index contributed by atoms with van der Waals surface area (Å²) in [6.07, 6.45) is -8.12. The molecule has 0 aliphatic carbocycles. The van der Waals surface area contributed by atoms with Gasteiger partial charge in [0.2, 0.25) is 0 Å². The van der Waals surface area contributed by atoms with Gasteiger partial charge in [-0.2, -0.15) is 92.2 Å². The maximum Gasteiger partial charge on any atom is 0.460 e. The average Bonchev–Trinajstić information content (AvgIpc) is 2.86. The molecule has 0 rings (SSSR count). The number of unbranched alkanes of at least 4 members (excludes halogenated alkanes) is 5. The number of phosphoric acid groups is 1. The lowest BCUT2D eigenvalue weighted by Crippen LogP contribution is -2.76. The first-order valence-corrected chi connectivity index (χ1v) is 13.5. The van der Waals surface area contributed by atoms with Crippen LogP contribution in [0.1, 0.15) is 51.9 Å². The molecule has 0 aromatic carbocycles. The number of alkyl halides is 21. The van der Waals surface area contributed by atoms with Gasteiger partial charge in [0, 0.05) is 6.42 Å². The van der Waals surface area contributed by atoms with Gasteiger partial charge in [-0.3, -0.25) is 4.57 Å².